The Bertz CT molecular complexity index is 536. The van der Waals surface area contributed by atoms with Gasteiger partial charge in [-0.3, -0.25) is 5.32 Å². The number of unbranched alkanes of at least 4 members (excludes halogenated alkanes) is 5. The number of hydrogen-bond donors (Lipinski definition) is 4. The molecule has 0 aliphatic carbocycles. The van der Waals surface area contributed by atoms with Crippen LogP contribution in [0.1, 0.15) is 62.2 Å². The highest BCUT2D eigenvalue weighted by Gasteiger charge is 2.23. The maximum atomic E-state index is 11.8. The maximum absolute atomic E-state index is 11.8. The Morgan fingerprint density at radius 2 is 1.92 bits per heavy atom. The highest BCUT2D eigenvalue weighted by atomic mass is 32.1. The molecular weight excluding hydrogens is 346 g/mol. The second-order valence-electron chi connectivity index (χ2n) is 5.57. The lowest BCUT2D eigenvalue weighted by molar-refractivity contribution is 0.0693. The van der Waals surface area contributed by atoms with Crippen LogP contribution in [0.25, 0.3) is 0 Å². The largest absolute Gasteiger partial charge is 0.477 e. The minimum Gasteiger partial charge on any atom is -0.477 e. The van der Waals surface area contributed by atoms with Gasteiger partial charge >= 0.3 is 12.0 Å². The highest BCUT2D eigenvalue weighted by Crippen LogP contribution is 2.30. The van der Waals surface area contributed by atoms with Gasteiger partial charge in [0, 0.05) is 13.2 Å². The van der Waals surface area contributed by atoms with Crippen LogP contribution < -0.4 is 15.4 Å². The number of ether oxygens (including phenoxy) is 1. The summed E-state index contributed by atoms with van der Waals surface area (Å²) in [4.78, 5) is 23.2. The Labute approximate surface area is 151 Å². The zero-order valence-electron chi connectivity index (χ0n) is 14.5. The van der Waals surface area contributed by atoms with Crippen LogP contribution >= 0.6 is 11.5 Å². The molecule has 9 heteroatoms. The number of carbonyl (C=O) groups is 2. The highest BCUT2D eigenvalue weighted by molar-refractivity contribution is 7.11. The zero-order chi connectivity index (χ0) is 18.5. The van der Waals surface area contributed by atoms with Gasteiger partial charge in [0.15, 0.2) is 5.56 Å². The normalized spacial score (nSPS) is 10.5. The van der Waals surface area contributed by atoms with Crippen molar-refractivity contribution in [2.45, 2.75) is 51.9 Å². The topological polar surface area (TPSA) is 121 Å². The Balaban J connectivity index is 2.50. The van der Waals surface area contributed by atoms with Crippen LogP contribution in [-0.4, -0.2) is 46.3 Å². The van der Waals surface area contributed by atoms with Crippen LogP contribution in [0, 0.1) is 0 Å². The number of carboxylic acid groups (broad SMARTS) is 1. The van der Waals surface area contributed by atoms with Crippen molar-refractivity contribution < 1.29 is 24.5 Å². The van der Waals surface area contributed by atoms with Gasteiger partial charge < -0.3 is 20.3 Å². The minimum absolute atomic E-state index is 0.0450. The lowest BCUT2D eigenvalue weighted by Crippen LogP contribution is -2.29. The first kappa shape index (κ1) is 21.2. The van der Waals surface area contributed by atoms with Crippen LogP contribution in [0.3, 0.4) is 0 Å². The molecule has 8 nitrogen and oxygen atoms in total. The molecule has 1 aromatic heterocycles. The monoisotopic (exact) mass is 373 g/mol. The van der Waals surface area contributed by atoms with Crippen molar-refractivity contribution in [3.63, 3.8) is 0 Å². The van der Waals surface area contributed by atoms with Gasteiger partial charge in [-0.1, -0.05) is 32.6 Å². The minimum atomic E-state index is -1.19. The number of aliphatic hydroxyl groups is 1. The number of aliphatic hydroxyl groups excluding tert-OH is 1. The molecule has 0 radical (unpaired) electrons. The third kappa shape index (κ3) is 8.17. The first-order valence-corrected chi connectivity index (χ1v) is 9.39. The molecule has 0 unspecified atom stereocenters. The van der Waals surface area contributed by atoms with E-state index in [2.05, 4.69) is 21.9 Å². The summed E-state index contributed by atoms with van der Waals surface area (Å²) in [6, 6.07) is -0.504. The Morgan fingerprint density at radius 1 is 1.16 bits per heavy atom. The number of rotatable bonds is 13. The molecular formula is C16H27N3O5S. The fourth-order valence-electron chi connectivity index (χ4n) is 2.11. The van der Waals surface area contributed by atoms with Crippen LogP contribution in [0.4, 0.5) is 9.80 Å². The van der Waals surface area contributed by atoms with E-state index in [4.69, 9.17) is 9.84 Å². The van der Waals surface area contributed by atoms with Gasteiger partial charge in [0.2, 0.25) is 5.88 Å². The van der Waals surface area contributed by atoms with E-state index in [0.29, 0.717) is 26.0 Å². The molecule has 4 N–H and O–H groups in total. The third-order valence-electron chi connectivity index (χ3n) is 3.46. The fraction of sp³-hybridized carbons (Fsp3) is 0.688. The molecule has 0 fully saturated rings. The number of urea groups is 1. The quantitative estimate of drug-likeness (QED) is 0.394. The number of aromatic nitrogens is 1. The molecule has 0 atom stereocenters. The van der Waals surface area contributed by atoms with Gasteiger partial charge in [0.1, 0.15) is 5.00 Å². The predicted molar refractivity (Wildman–Crippen MR) is 96.7 cm³/mol. The standard InChI is InChI=1S/C16H27N3O5S/c1-2-3-4-5-8-11-24-13-12(15(21)22)14(25-19-13)18-16(23)17-9-6-7-10-20/h20H,2-11H2,1H3,(H,21,22)(H2,17,18,23). The molecule has 0 aliphatic heterocycles. The average Bonchev–Trinajstić information content (AvgIpc) is 2.97. The number of nitrogens with one attached hydrogen (secondary N) is 2. The van der Waals surface area contributed by atoms with Gasteiger partial charge in [0.25, 0.3) is 0 Å². The molecule has 0 bridgehead atoms. The molecule has 25 heavy (non-hydrogen) atoms. The Morgan fingerprint density at radius 3 is 2.60 bits per heavy atom. The fourth-order valence-corrected chi connectivity index (χ4v) is 2.83. The van der Waals surface area contributed by atoms with Crippen molar-refractivity contribution in [2.24, 2.45) is 0 Å². The van der Waals surface area contributed by atoms with Crippen molar-refractivity contribution in [1.29, 1.82) is 0 Å². The van der Waals surface area contributed by atoms with Crippen LogP contribution in [0.5, 0.6) is 5.88 Å². The zero-order valence-corrected chi connectivity index (χ0v) is 15.4. The average molecular weight is 373 g/mol. The molecule has 0 saturated carbocycles. The number of nitrogens with zero attached hydrogens (tertiary/aromatic N) is 1. The van der Waals surface area contributed by atoms with Crippen LogP contribution in [-0.2, 0) is 0 Å². The Hall–Kier alpha value is -1.87. The van der Waals surface area contributed by atoms with E-state index < -0.39 is 12.0 Å². The number of aromatic carboxylic acids is 1. The second kappa shape index (κ2) is 12.5. The molecule has 0 aromatic carbocycles. The van der Waals surface area contributed by atoms with E-state index in [1.807, 2.05) is 0 Å². The molecule has 0 saturated heterocycles. The van der Waals surface area contributed by atoms with Crippen molar-refractivity contribution in [3.8, 4) is 5.88 Å². The predicted octanol–water partition coefficient (Wildman–Crippen LogP) is 3.08. The molecule has 2 amide bonds. The van der Waals surface area contributed by atoms with Crippen LogP contribution in [0.2, 0.25) is 0 Å². The number of carboxylic acids is 1. The van der Waals surface area contributed by atoms with E-state index in [1.54, 1.807) is 0 Å². The number of carbonyl (C=O) groups excluding carboxylic acids is 1. The molecule has 1 heterocycles. The van der Waals surface area contributed by atoms with Crippen LogP contribution in [0.15, 0.2) is 0 Å². The summed E-state index contributed by atoms with van der Waals surface area (Å²) in [6.45, 7) is 3.01. The first-order valence-electron chi connectivity index (χ1n) is 8.61. The first-order chi connectivity index (χ1) is 12.1. The summed E-state index contributed by atoms with van der Waals surface area (Å²) in [5.74, 6) is -1.14. The molecule has 142 valence electrons. The summed E-state index contributed by atoms with van der Waals surface area (Å²) in [7, 11) is 0. The van der Waals surface area contributed by atoms with E-state index in [-0.39, 0.29) is 23.1 Å². The van der Waals surface area contributed by atoms with E-state index in [0.717, 1.165) is 37.2 Å². The van der Waals surface area contributed by atoms with Gasteiger partial charge in [-0.25, -0.2) is 9.59 Å². The van der Waals surface area contributed by atoms with Crippen molar-refractivity contribution in [1.82, 2.24) is 9.69 Å². The molecule has 1 aromatic rings. The molecule has 0 spiro atoms. The maximum Gasteiger partial charge on any atom is 0.344 e. The van der Waals surface area contributed by atoms with E-state index in [1.165, 1.54) is 6.42 Å². The summed E-state index contributed by atoms with van der Waals surface area (Å²) in [5, 5.41) is 23.3. The lowest BCUT2D eigenvalue weighted by Gasteiger charge is -2.07. The van der Waals surface area contributed by atoms with Crippen molar-refractivity contribution in [3.05, 3.63) is 5.56 Å². The van der Waals surface area contributed by atoms with E-state index in [9.17, 15) is 14.7 Å². The Kier molecular flexibility index (Phi) is 10.6. The SMILES string of the molecule is CCCCCCCOc1nsc(NC(=O)NCCCCO)c1C(=O)O. The summed E-state index contributed by atoms with van der Waals surface area (Å²) in [6.07, 6.45) is 6.58. The number of amides is 2. The smallest absolute Gasteiger partial charge is 0.344 e. The van der Waals surface area contributed by atoms with Gasteiger partial charge in [0.05, 0.1) is 6.61 Å². The third-order valence-corrected chi connectivity index (χ3v) is 4.20. The van der Waals surface area contributed by atoms with Crippen molar-refractivity contribution >= 4 is 28.5 Å². The molecule has 0 aliphatic rings. The van der Waals surface area contributed by atoms with Gasteiger partial charge in [-0.2, -0.15) is 4.37 Å². The summed E-state index contributed by atoms with van der Waals surface area (Å²) >= 11 is 0.881. The van der Waals surface area contributed by atoms with Crippen molar-refractivity contribution in [2.75, 3.05) is 25.1 Å². The number of anilines is 1. The number of hydrogen-bond acceptors (Lipinski definition) is 6. The molecule has 1 rings (SSSR count). The van der Waals surface area contributed by atoms with E-state index >= 15 is 0 Å². The summed E-state index contributed by atoms with van der Waals surface area (Å²) in [5.41, 5.74) is -0.121. The summed E-state index contributed by atoms with van der Waals surface area (Å²) < 4.78 is 9.47. The van der Waals surface area contributed by atoms with Gasteiger partial charge in [-0.15, -0.1) is 0 Å². The van der Waals surface area contributed by atoms with Gasteiger partial charge in [-0.05, 0) is 30.8 Å². The second-order valence-corrected chi connectivity index (χ2v) is 6.34. The lowest BCUT2D eigenvalue weighted by atomic mass is 10.2.